The van der Waals surface area contributed by atoms with Crippen molar-refractivity contribution in [3.63, 3.8) is 0 Å². The van der Waals surface area contributed by atoms with Gasteiger partial charge in [-0.15, -0.1) is 11.3 Å². The summed E-state index contributed by atoms with van der Waals surface area (Å²) >= 11 is 1.54. The molecule has 1 unspecified atom stereocenters. The predicted molar refractivity (Wildman–Crippen MR) is 51.1 cm³/mol. The highest BCUT2D eigenvalue weighted by molar-refractivity contribution is 7.10. The van der Waals surface area contributed by atoms with Crippen LogP contribution >= 0.6 is 11.3 Å². The van der Waals surface area contributed by atoms with E-state index in [9.17, 15) is 4.79 Å². The van der Waals surface area contributed by atoms with Crippen LogP contribution in [0, 0.1) is 6.92 Å². The summed E-state index contributed by atoms with van der Waals surface area (Å²) in [6.07, 6.45) is -0.282. The molecule has 0 aliphatic carbocycles. The summed E-state index contributed by atoms with van der Waals surface area (Å²) in [5, 5.41) is 10.6. The molecule has 72 valence electrons. The lowest BCUT2D eigenvalue weighted by atomic mass is 10.1. The molecule has 0 aromatic carbocycles. The number of hydrogen-bond donors (Lipinski definition) is 1. The highest BCUT2D eigenvalue weighted by atomic mass is 32.1. The van der Waals surface area contributed by atoms with Gasteiger partial charge in [-0.25, -0.2) is 0 Å². The third-order valence-corrected chi connectivity index (χ3v) is 2.95. The number of thiophene rings is 1. The molecule has 1 N–H and O–H groups in total. The summed E-state index contributed by atoms with van der Waals surface area (Å²) in [6, 6.07) is 1.97. The molecule has 0 radical (unpaired) electrons. The third kappa shape index (κ3) is 2.54. The zero-order chi connectivity index (χ0) is 9.84. The molecule has 1 heterocycles. The van der Waals surface area contributed by atoms with Crippen LogP contribution in [0.2, 0.25) is 0 Å². The van der Waals surface area contributed by atoms with Crippen LogP contribution in [0.3, 0.4) is 0 Å². The van der Waals surface area contributed by atoms with E-state index in [1.54, 1.807) is 0 Å². The van der Waals surface area contributed by atoms with Crippen LogP contribution in [0.4, 0.5) is 0 Å². The maximum Gasteiger partial charge on any atom is 0.306 e. The number of carboxylic acids is 1. The molecule has 0 fully saturated rings. The van der Waals surface area contributed by atoms with Gasteiger partial charge in [0.25, 0.3) is 0 Å². The van der Waals surface area contributed by atoms with E-state index in [0.717, 1.165) is 10.4 Å². The van der Waals surface area contributed by atoms with Crippen LogP contribution < -0.4 is 0 Å². The standard InChI is InChI=1S/C9H12O3S/c1-6-3-4-13-9(6)7(12-2)5-8(10)11/h3-4,7H,5H2,1-2H3,(H,10,11). The van der Waals surface area contributed by atoms with Gasteiger partial charge >= 0.3 is 5.97 Å². The van der Waals surface area contributed by atoms with Gasteiger partial charge in [0.05, 0.1) is 6.42 Å². The lowest BCUT2D eigenvalue weighted by Gasteiger charge is -2.11. The number of aryl methyl sites for hydroxylation is 1. The molecule has 0 aliphatic rings. The molecule has 1 rings (SSSR count). The van der Waals surface area contributed by atoms with Crippen LogP contribution in [0.15, 0.2) is 11.4 Å². The first-order valence-electron chi connectivity index (χ1n) is 3.93. The molecule has 1 aromatic heterocycles. The molecular weight excluding hydrogens is 188 g/mol. The van der Waals surface area contributed by atoms with Gasteiger partial charge in [-0.1, -0.05) is 0 Å². The Bertz CT molecular complexity index is 293. The number of carboxylic acid groups (broad SMARTS) is 1. The van der Waals surface area contributed by atoms with Gasteiger partial charge in [0.1, 0.15) is 6.10 Å². The molecule has 3 nitrogen and oxygen atoms in total. The van der Waals surface area contributed by atoms with Gasteiger partial charge < -0.3 is 9.84 Å². The average molecular weight is 200 g/mol. The fourth-order valence-electron chi connectivity index (χ4n) is 1.16. The SMILES string of the molecule is COC(CC(=O)O)c1sccc1C. The first kappa shape index (κ1) is 10.2. The van der Waals surface area contributed by atoms with E-state index in [1.807, 2.05) is 18.4 Å². The minimum Gasteiger partial charge on any atom is -0.481 e. The van der Waals surface area contributed by atoms with E-state index in [2.05, 4.69) is 0 Å². The van der Waals surface area contributed by atoms with E-state index in [1.165, 1.54) is 18.4 Å². The molecule has 1 aromatic rings. The molecule has 0 spiro atoms. The van der Waals surface area contributed by atoms with Crippen molar-refractivity contribution in [2.24, 2.45) is 0 Å². The Morgan fingerprint density at radius 2 is 2.46 bits per heavy atom. The second-order valence-electron chi connectivity index (χ2n) is 2.79. The van der Waals surface area contributed by atoms with Crippen LogP contribution in [-0.4, -0.2) is 18.2 Å². The fraction of sp³-hybridized carbons (Fsp3) is 0.444. The number of aliphatic carboxylic acids is 1. The molecule has 0 bridgehead atoms. The number of methoxy groups -OCH3 is 1. The number of ether oxygens (including phenoxy) is 1. The fourth-order valence-corrected chi connectivity index (χ4v) is 2.16. The Hall–Kier alpha value is -0.870. The van der Waals surface area contributed by atoms with Crippen molar-refractivity contribution in [2.45, 2.75) is 19.4 Å². The first-order chi connectivity index (χ1) is 6.15. The van der Waals surface area contributed by atoms with Crippen LogP contribution in [0.5, 0.6) is 0 Å². The van der Waals surface area contributed by atoms with E-state index < -0.39 is 5.97 Å². The minimum atomic E-state index is -0.834. The lowest BCUT2D eigenvalue weighted by Crippen LogP contribution is -2.07. The van der Waals surface area contributed by atoms with Crippen LogP contribution in [-0.2, 0) is 9.53 Å². The van der Waals surface area contributed by atoms with Crippen LogP contribution in [0.25, 0.3) is 0 Å². The predicted octanol–water partition coefficient (Wildman–Crippen LogP) is 2.22. The second kappa shape index (κ2) is 4.39. The zero-order valence-corrected chi connectivity index (χ0v) is 8.43. The molecule has 0 aliphatic heterocycles. The summed E-state index contributed by atoms with van der Waals surface area (Å²) in [5.41, 5.74) is 1.10. The van der Waals surface area contributed by atoms with Crippen molar-refractivity contribution in [3.05, 3.63) is 21.9 Å². The zero-order valence-electron chi connectivity index (χ0n) is 7.61. The largest absolute Gasteiger partial charge is 0.481 e. The Morgan fingerprint density at radius 1 is 1.77 bits per heavy atom. The van der Waals surface area contributed by atoms with Crippen LogP contribution in [0.1, 0.15) is 23.0 Å². The Labute approximate surface area is 81.0 Å². The van der Waals surface area contributed by atoms with Gasteiger partial charge in [-0.3, -0.25) is 4.79 Å². The molecule has 13 heavy (non-hydrogen) atoms. The Kier molecular flexibility index (Phi) is 3.45. The topological polar surface area (TPSA) is 46.5 Å². The third-order valence-electron chi connectivity index (χ3n) is 1.84. The van der Waals surface area contributed by atoms with E-state index >= 15 is 0 Å². The van der Waals surface area contributed by atoms with Crippen molar-refractivity contribution in [3.8, 4) is 0 Å². The lowest BCUT2D eigenvalue weighted by molar-refractivity contribution is -0.139. The van der Waals surface area contributed by atoms with E-state index in [-0.39, 0.29) is 12.5 Å². The second-order valence-corrected chi connectivity index (χ2v) is 3.74. The van der Waals surface area contributed by atoms with Gasteiger partial charge in [-0.05, 0) is 23.9 Å². The number of carbonyl (C=O) groups is 1. The molecule has 0 amide bonds. The minimum absolute atomic E-state index is 0.0256. The summed E-state index contributed by atoms with van der Waals surface area (Å²) in [5.74, 6) is -0.834. The Balaban J connectivity index is 2.78. The summed E-state index contributed by atoms with van der Waals surface area (Å²) in [7, 11) is 1.53. The summed E-state index contributed by atoms with van der Waals surface area (Å²) in [4.78, 5) is 11.5. The highest BCUT2D eigenvalue weighted by Crippen LogP contribution is 2.28. The van der Waals surface area contributed by atoms with Crippen molar-refractivity contribution >= 4 is 17.3 Å². The van der Waals surface area contributed by atoms with Gasteiger partial charge in [-0.2, -0.15) is 0 Å². The van der Waals surface area contributed by atoms with Crippen molar-refractivity contribution < 1.29 is 14.6 Å². The normalized spacial score (nSPS) is 12.8. The van der Waals surface area contributed by atoms with E-state index in [0.29, 0.717) is 0 Å². The molecule has 1 atom stereocenters. The van der Waals surface area contributed by atoms with Gasteiger partial charge in [0, 0.05) is 12.0 Å². The quantitative estimate of drug-likeness (QED) is 0.810. The monoisotopic (exact) mass is 200 g/mol. The van der Waals surface area contributed by atoms with Crippen molar-refractivity contribution in [1.82, 2.24) is 0 Å². The molecule has 4 heteroatoms. The average Bonchev–Trinajstić information content (AvgIpc) is 2.47. The molecular formula is C9H12O3S. The maximum atomic E-state index is 10.5. The number of rotatable bonds is 4. The molecule has 0 saturated heterocycles. The summed E-state index contributed by atoms with van der Waals surface area (Å²) in [6.45, 7) is 1.96. The first-order valence-corrected chi connectivity index (χ1v) is 4.81. The Morgan fingerprint density at radius 3 is 2.85 bits per heavy atom. The maximum absolute atomic E-state index is 10.5. The molecule has 0 saturated carbocycles. The van der Waals surface area contributed by atoms with Crippen molar-refractivity contribution in [2.75, 3.05) is 7.11 Å². The van der Waals surface area contributed by atoms with Gasteiger partial charge in [0.2, 0.25) is 0 Å². The van der Waals surface area contributed by atoms with Gasteiger partial charge in [0.15, 0.2) is 0 Å². The highest BCUT2D eigenvalue weighted by Gasteiger charge is 2.17. The van der Waals surface area contributed by atoms with E-state index in [4.69, 9.17) is 9.84 Å². The smallest absolute Gasteiger partial charge is 0.306 e. The van der Waals surface area contributed by atoms with Crippen molar-refractivity contribution in [1.29, 1.82) is 0 Å². The summed E-state index contributed by atoms with van der Waals surface area (Å²) < 4.78 is 5.12. The number of hydrogen-bond acceptors (Lipinski definition) is 3.